The molecule has 0 radical (unpaired) electrons. The molecule has 2 fully saturated rings. The zero-order chi connectivity index (χ0) is 16.2. The van der Waals surface area contributed by atoms with Crippen molar-refractivity contribution in [1.82, 2.24) is 15.5 Å². The minimum Gasteiger partial charge on any atom is -0.493 e. The highest BCUT2D eigenvalue weighted by Crippen LogP contribution is 2.28. The molecule has 6 nitrogen and oxygen atoms in total. The van der Waals surface area contributed by atoms with Crippen LogP contribution in [-0.2, 0) is 11.3 Å². The number of nitrogens with zero attached hydrogens (tertiary/aromatic N) is 1. The third-order valence-electron chi connectivity index (χ3n) is 4.35. The van der Waals surface area contributed by atoms with Gasteiger partial charge in [-0.3, -0.25) is 9.69 Å². The SMILES string of the molecule is COc1ccc(CN2CCNC(C(=O)NC3CC3)C2)cc1OC. The first-order valence-corrected chi connectivity index (χ1v) is 8.16. The predicted octanol–water partition coefficient (Wildman–Crippen LogP) is 0.756. The molecule has 23 heavy (non-hydrogen) atoms. The fourth-order valence-corrected chi connectivity index (χ4v) is 2.90. The van der Waals surface area contributed by atoms with Crippen molar-refractivity contribution < 1.29 is 14.3 Å². The van der Waals surface area contributed by atoms with Crippen LogP contribution in [0.4, 0.5) is 0 Å². The molecule has 1 aliphatic heterocycles. The van der Waals surface area contributed by atoms with E-state index < -0.39 is 0 Å². The molecule has 1 aliphatic carbocycles. The standard InChI is InChI=1S/C17H25N3O3/c1-22-15-6-3-12(9-16(15)23-2)10-20-8-7-18-14(11-20)17(21)19-13-4-5-13/h3,6,9,13-14,18H,4-5,7-8,10-11H2,1-2H3,(H,19,21). The molecule has 1 heterocycles. The lowest BCUT2D eigenvalue weighted by molar-refractivity contribution is -0.124. The smallest absolute Gasteiger partial charge is 0.238 e. The largest absolute Gasteiger partial charge is 0.493 e. The maximum absolute atomic E-state index is 12.2. The molecule has 1 saturated carbocycles. The van der Waals surface area contributed by atoms with Gasteiger partial charge in [0.15, 0.2) is 11.5 Å². The van der Waals surface area contributed by atoms with Crippen LogP contribution in [0.25, 0.3) is 0 Å². The molecule has 1 aromatic carbocycles. The van der Waals surface area contributed by atoms with Gasteiger partial charge in [0, 0.05) is 32.2 Å². The predicted molar refractivity (Wildman–Crippen MR) is 87.8 cm³/mol. The summed E-state index contributed by atoms with van der Waals surface area (Å²) in [5.41, 5.74) is 1.16. The first kappa shape index (κ1) is 16.1. The van der Waals surface area contributed by atoms with Crippen LogP contribution in [0.3, 0.4) is 0 Å². The molecule has 1 atom stereocenters. The number of amides is 1. The second-order valence-corrected chi connectivity index (χ2v) is 6.21. The number of benzene rings is 1. The van der Waals surface area contributed by atoms with Gasteiger partial charge < -0.3 is 20.1 Å². The quantitative estimate of drug-likeness (QED) is 0.810. The third-order valence-corrected chi connectivity index (χ3v) is 4.35. The van der Waals surface area contributed by atoms with Crippen LogP contribution in [0, 0.1) is 0 Å². The normalized spacial score (nSPS) is 21.7. The van der Waals surface area contributed by atoms with Gasteiger partial charge in [-0.15, -0.1) is 0 Å². The number of carbonyl (C=O) groups excluding carboxylic acids is 1. The van der Waals surface area contributed by atoms with Crippen molar-refractivity contribution in [2.75, 3.05) is 33.9 Å². The van der Waals surface area contributed by atoms with E-state index in [9.17, 15) is 4.79 Å². The molecule has 3 rings (SSSR count). The maximum atomic E-state index is 12.2. The van der Waals surface area contributed by atoms with Gasteiger partial charge in [0.25, 0.3) is 0 Å². The van der Waals surface area contributed by atoms with E-state index in [1.54, 1.807) is 14.2 Å². The monoisotopic (exact) mass is 319 g/mol. The van der Waals surface area contributed by atoms with E-state index in [4.69, 9.17) is 9.47 Å². The lowest BCUT2D eigenvalue weighted by Gasteiger charge is -2.33. The average Bonchev–Trinajstić information content (AvgIpc) is 3.39. The van der Waals surface area contributed by atoms with Gasteiger partial charge in [-0.25, -0.2) is 0 Å². The van der Waals surface area contributed by atoms with Crippen molar-refractivity contribution in [2.24, 2.45) is 0 Å². The molecule has 0 bridgehead atoms. The fourth-order valence-electron chi connectivity index (χ4n) is 2.90. The molecule has 6 heteroatoms. The van der Waals surface area contributed by atoms with E-state index in [1.165, 1.54) is 0 Å². The Morgan fingerprint density at radius 3 is 2.78 bits per heavy atom. The Morgan fingerprint density at radius 1 is 1.30 bits per heavy atom. The van der Waals surface area contributed by atoms with Crippen LogP contribution < -0.4 is 20.1 Å². The summed E-state index contributed by atoms with van der Waals surface area (Å²) in [5.74, 6) is 1.60. The number of carbonyl (C=O) groups is 1. The van der Waals surface area contributed by atoms with Crippen LogP contribution >= 0.6 is 0 Å². The second-order valence-electron chi connectivity index (χ2n) is 6.21. The summed E-state index contributed by atoms with van der Waals surface area (Å²) in [5, 5.41) is 6.39. The van der Waals surface area contributed by atoms with Gasteiger partial charge in [0.1, 0.15) is 0 Å². The maximum Gasteiger partial charge on any atom is 0.238 e. The summed E-state index contributed by atoms with van der Waals surface area (Å²) in [4.78, 5) is 14.5. The van der Waals surface area contributed by atoms with Crippen LogP contribution in [0.1, 0.15) is 18.4 Å². The molecule has 0 aromatic heterocycles. The van der Waals surface area contributed by atoms with Crippen molar-refractivity contribution in [1.29, 1.82) is 0 Å². The van der Waals surface area contributed by atoms with Gasteiger partial charge >= 0.3 is 0 Å². The molecule has 1 saturated heterocycles. The van der Waals surface area contributed by atoms with E-state index in [1.807, 2.05) is 18.2 Å². The highest BCUT2D eigenvalue weighted by molar-refractivity contribution is 5.82. The number of methoxy groups -OCH3 is 2. The summed E-state index contributed by atoms with van der Waals surface area (Å²) in [6.45, 7) is 3.29. The molecule has 2 aliphatic rings. The first-order valence-electron chi connectivity index (χ1n) is 8.16. The molecule has 1 aromatic rings. The van der Waals surface area contributed by atoms with E-state index in [2.05, 4.69) is 15.5 Å². The molecule has 1 unspecified atom stereocenters. The number of hydrogen-bond donors (Lipinski definition) is 2. The number of ether oxygens (including phenoxy) is 2. The van der Waals surface area contributed by atoms with Gasteiger partial charge in [-0.1, -0.05) is 6.07 Å². The lowest BCUT2D eigenvalue weighted by Crippen LogP contribution is -2.57. The molecule has 0 spiro atoms. The van der Waals surface area contributed by atoms with Crippen LogP contribution in [0.15, 0.2) is 18.2 Å². The Bertz CT molecular complexity index is 560. The Kier molecular flexibility index (Phi) is 5.03. The van der Waals surface area contributed by atoms with Crippen molar-refractivity contribution in [2.45, 2.75) is 31.5 Å². The molecular weight excluding hydrogens is 294 g/mol. The van der Waals surface area contributed by atoms with E-state index in [0.29, 0.717) is 6.04 Å². The van der Waals surface area contributed by atoms with Crippen LogP contribution in [0.2, 0.25) is 0 Å². The molecule has 1 amide bonds. The minimum absolute atomic E-state index is 0.121. The van der Waals surface area contributed by atoms with Crippen molar-refractivity contribution in [3.8, 4) is 11.5 Å². The van der Waals surface area contributed by atoms with Gasteiger partial charge in [0.2, 0.25) is 5.91 Å². The first-order chi connectivity index (χ1) is 11.2. The number of rotatable bonds is 6. The minimum atomic E-state index is -0.121. The zero-order valence-electron chi connectivity index (χ0n) is 13.8. The zero-order valence-corrected chi connectivity index (χ0v) is 13.8. The number of piperazine rings is 1. The summed E-state index contributed by atoms with van der Waals surface area (Å²) in [6.07, 6.45) is 2.24. The van der Waals surface area contributed by atoms with E-state index >= 15 is 0 Å². The number of hydrogen-bond acceptors (Lipinski definition) is 5. The van der Waals surface area contributed by atoms with Crippen molar-refractivity contribution >= 4 is 5.91 Å². The van der Waals surface area contributed by atoms with Crippen molar-refractivity contribution in [3.05, 3.63) is 23.8 Å². The average molecular weight is 319 g/mol. The molecule has 126 valence electrons. The molecule has 2 N–H and O–H groups in total. The van der Waals surface area contributed by atoms with Crippen molar-refractivity contribution in [3.63, 3.8) is 0 Å². The highest BCUT2D eigenvalue weighted by atomic mass is 16.5. The third kappa shape index (κ3) is 4.14. The highest BCUT2D eigenvalue weighted by Gasteiger charge is 2.30. The molecular formula is C17H25N3O3. The summed E-state index contributed by atoms with van der Waals surface area (Å²) in [7, 11) is 3.28. The Morgan fingerprint density at radius 2 is 2.09 bits per heavy atom. The number of nitrogens with one attached hydrogen (secondary N) is 2. The Balaban J connectivity index is 1.59. The van der Waals surface area contributed by atoms with E-state index in [0.717, 1.165) is 56.1 Å². The summed E-state index contributed by atoms with van der Waals surface area (Å²) >= 11 is 0. The second kappa shape index (κ2) is 7.19. The van der Waals surface area contributed by atoms with Crippen LogP contribution in [-0.4, -0.2) is 56.7 Å². The van der Waals surface area contributed by atoms with Gasteiger partial charge in [0.05, 0.1) is 20.3 Å². The van der Waals surface area contributed by atoms with Gasteiger partial charge in [-0.2, -0.15) is 0 Å². The topological polar surface area (TPSA) is 62.8 Å². The Hall–Kier alpha value is -1.79. The summed E-state index contributed by atoms with van der Waals surface area (Å²) in [6, 6.07) is 6.26. The van der Waals surface area contributed by atoms with Crippen LogP contribution in [0.5, 0.6) is 11.5 Å². The summed E-state index contributed by atoms with van der Waals surface area (Å²) < 4.78 is 10.6. The Labute approximate surface area is 137 Å². The van der Waals surface area contributed by atoms with Gasteiger partial charge in [-0.05, 0) is 30.5 Å². The lowest BCUT2D eigenvalue weighted by atomic mass is 10.1. The van der Waals surface area contributed by atoms with E-state index in [-0.39, 0.29) is 11.9 Å². The fraction of sp³-hybridized carbons (Fsp3) is 0.588.